The molecule has 1 aromatic heterocycles. The van der Waals surface area contributed by atoms with Gasteiger partial charge in [0.1, 0.15) is 0 Å². The van der Waals surface area contributed by atoms with Crippen LogP contribution in [0.25, 0.3) is 17.0 Å². The smallest absolute Gasteiger partial charge is 0.267 e. The van der Waals surface area contributed by atoms with Gasteiger partial charge in [0.15, 0.2) is 0 Å². The van der Waals surface area contributed by atoms with Crippen LogP contribution in [0.3, 0.4) is 0 Å². The summed E-state index contributed by atoms with van der Waals surface area (Å²) in [6, 6.07) is 14.0. The third-order valence-corrected chi connectivity index (χ3v) is 6.13. The van der Waals surface area contributed by atoms with Gasteiger partial charge in [-0.25, -0.2) is 5.48 Å². The number of carbonyl (C=O) groups excluding carboxylic acids is 2. The summed E-state index contributed by atoms with van der Waals surface area (Å²) in [6.07, 6.45) is 7.61. The minimum Gasteiger partial charge on any atom is -0.361 e. The van der Waals surface area contributed by atoms with E-state index in [9.17, 15) is 9.59 Å². The fourth-order valence-electron chi connectivity index (χ4n) is 4.31. The molecule has 2 aromatic carbocycles. The van der Waals surface area contributed by atoms with Gasteiger partial charge in [-0.3, -0.25) is 14.8 Å². The largest absolute Gasteiger partial charge is 0.361 e. The molecule has 7 nitrogen and oxygen atoms in total. The Kier molecular flexibility index (Phi) is 7.22. The molecule has 1 aliphatic rings. The van der Waals surface area contributed by atoms with Crippen LogP contribution >= 0.6 is 0 Å². The Morgan fingerprint density at radius 1 is 1.21 bits per heavy atom. The molecule has 0 aliphatic carbocycles. The molecule has 0 saturated carbocycles. The summed E-state index contributed by atoms with van der Waals surface area (Å²) in [6.45, 7) is 4.13. The summed E-state index contributed by atoms with van der Waals surface area (Å²) in [5.41, 5.74) is 6.99. The average molecular weight is 447 g/mol. The Morgan fingerprint density at radius 3 is 2.76 bits per heavy atom. The molecule has 4 rings (SSSR count). The monoisotopic (exact) mass is 446 g/mol. The Balaban J connectivity index is 1.48. The fraction of sp³-hybridized carbons (Fsp3) is 0.308. The predicted octanol–water partition coefficient (Wildman–Crippen LogP) is 3.32. The van der Waals surface area contributed by atoms with Crippen LogP contribution in [0.4, 0.5) is 0 Å². The lowest BCUT2D eigenvalue weighted by Crippen LogP contribution is -2.44. The molecule has 0 spiro atoms. The lowest BCUT2D eigenvalue weighted by molar-refractivity contribution is -0.133. The van der Waals surface area contributed by atoms with E-state index in [0.29, 0.717) is 13.1 Å². The van der Waals surface area contributed by atoms with Crippen molar-refractivity contribution >= 4 is 28.8 Å². The van der Waals surface area contributed by atoms with Crippen LogP contribution in [0.5, 0.6) is 0 Å². The first-order valence-corrected chi connectivity index (χ1v) is 11.3. The molecular formula is C26H30N4O3. The maximum atomic E-state index is 13.3. The zero-order valence-corrected chi connectivity index (χ0v) is 18.8. The van der Waals surface area contributed by atoms with Crippen LogP contribution in [0.1, 0.15) is 35.1 Å². The van der Waals surface area contributed by atoms with Crippen LogP contribution in [0.2, 0.25) is 0 Å². The lowest BCUT2D eigenvalue weighted by atomic mass is 10.1. The summed E-state index contributed by atoms with van der Waals surface area (Å²) in [7, 11) is 0. The van der Waals surface area contributed by atoms with Gasteiger partial charge in [-0.05, 0) is 67.1 Å². The van der Waals surface area contributed by atoms with Crippen molar-refractivity contribution in [2.24, 2.45) is 0 Å². The highest BCUT2D eigenvalue weighted by Gasteiger charge is 2.27. The minimum atomic E-state index is -0.577. The normalized spacial score (nSPS) is 15.9. The number of benzene rings is 2. The van der Waals surface area contributed by atoms with Crippen molar-refractivity contribution in [2.75, 3.05) is 13.1 Å². The molecule has 1 unspecified atom stereocenters. The number of hydrogen-bond donors (Lipinski definition) is 4. The molecule has 172 valence electrons. The van der Waals surface area contributed by atoms with Gasteiger partial charge in [0.2, 0.25) is 5.91 Å². The summed E-state index contributed by atoms with van der Waals surface area (Å²) in [4.78, 5) is 29.7. The molecule has 0 bridgehead atoms. The molecule has 3 aromatic rings. The Morgan fingerprint density at radius 2 is 2.03 bits per heavy atom. The predicted molar refractivity (Wildman–Crippen MR) is 129 cm³/mol. The topological polar surface area (TPSA) is 97.5 Å². The van der Waals surface area contributed by atoms with Gasteiger partial charge >= 0.3 is 0 Å². The summed E-state index contributed by atoms with van der Waals surface area (Å²) in [5, 5.41) is 13.1. The number of amides is 2. The van der Waals surface area contributed by atoms with Gasteiger partial charge in [-0.1, -0.05) is 36.4 Å². The zero-order chi connectivity index (χ0) is 23.2. The molecule has 4 N–H and O–H groups in total. The standard InChI is InChI=1S/C26H30N4O3/c1-18-4-10-22-21(16-28-24(22)15-18)12-14-30(26(32)23-3-2-13-27-23)17-20-7-5-19(6-8-20)9-11-25(31)29-33/h4-11,15-16,23,27-28,33H,2-3,12-14,17H2,1H3,(H,29,31). The number of aromatic amines is 1. The highest BCUT2D eigenvalue weighted by Crippen LogP contribution is 2.21. The second kappa shape index (κ2) is 10.5. The van der Waals surface area contributed by atoms with E-state index in [0.717, 1.165) is 42.5 Å². The Bertz CT molecular complexity index is 1140. The maximum absolute atomic E-state index is 13.3. The molecular weight excluding hydrogens is 416 g/mol. The molecule has 1 aliphatic heterocycles. The first-order chi connectivity index (χ1) is 16.0. The van der Waals surface area contributed by atoms with Crippen molar-refractivity contribution in [3.05, 3.63) is 77.0 Å². The first-order valence-electron chi connectivity index (χ1n) is 11.3. The van der Waals surface area contributed by atoms with Gasteiger partial charge in [0.05, 0.1) is 6.04 Å². The maximum Gasteiger partial charge on any atom is 0.267 e. The van der Waals surface area contributed by atoms with Crippen LogP contribution in [-0.4, -0.2) is 46.0 Å². The summed E-state index contributed by atoms with van der Waals surface area (Å²) in [5.74, 6) is -0.431. The van der Waals surface area contributed by atoms with E-state index in [1.165, 1.54) is 22.6 Å². The highest BCUT2D eigenvalue weighted by atomic mass is 16.5. The number of rotatable bonds is 8. The molecule has 1 atom stereocenters. The number of hydrogen-bond acceptors (Lipinski definition) is 4. The Hall–Kier alpha value is -3.42. The number of aromatic nitrogens is 1. The quantitative estimate of drug-likeness (QED) is 0.242. The van der Waals surface area contributed by atoms with E-state index < -0.39 is 5.91 Å². The second-order valence-electron chi connectivity index (χ2n) is 8.57. The molecule has 1 saturated heterocycles. The summed E-state index contributed by atoms with van der Waals surface area (Å²) >= 11 is 0. The van der Waals surface area contributed by atoms with Crippen molar-refractivity contribution in [3.63, 3.8) is 0 Å². The van der Waals surface area contributed by atoms with E-state index in [1.807, 2.05) is 35.4 Å². The second-order valence-corrected chi connectivity index (χ2v) is 8.57. The third-order valence-electron chi connectivity index (χ3n) is 6.13. The summed E-state index contributed by atoms with van der Waals surface area (Å²) < 4.78 is 0. The highest BCUT2D eigenvalue weighted by molar-refractivity contribution is 5.90. The van der Waals surface area contributed by atoms with Crippen LogP contribution < -0.4 is 10.8 Å². The van der Waals surface area contributed by atoms with Gasteiger partial charge in [-0.2, -0.15) is 0 Å². The minimum absolute atomic E-state index is 0.116. The first kappa shape index (κ1) is 22.8. The number of nitrogens with zero attached hydrogens (tertiary/aromatic N) is 1. The molecule has 7 heteroatoms. The van der Waals surface area contributed by atoms with Crippen molar-refractivity contribution in [2.45, 2.75) is 38.8 Å². The van der Waals surface area contributed by atoms with E-state index in [2.05, 4.69) is 35.4 Å². The number of hydroxylamine groups is 1. The number of carbonyl (C=O) groups is 2. The number of H-pyrrole nitrogens is 1. The van der Waals surface area contributed by atoms with E-state index in [-0.39, 0.29) is 11.9 Å². The van der Waals surface area contributed by atoms with Crippen molar-refractivity contribution in [1.82, 2.24) is 20.7 Å². The van der Waals surface area contributed by atoms with Gasteiger partial charge in [0, 0.05) is 36.3 Å². The van der Waals surface area contributed by atoms with Crippen LogP contribution in [-0.2, 0) is 22.6 Å². The van der Waals surface area contributed by atoms with E-state index >= 15 is 0 Å². The molecule has 0 radical (unpaired) electrons. The number of fused-ring (bicyclic) bond motifs is 1. The molecule has 2 amide bonds. The van der Waals surface area contributed by atoms with Crippen molar-refractivity contribution in [1.29, 1.82) is 0 Å². The fourth-order valence-corrected chi connectivity index (χ4v) is 4.31. The number of aryl methyl sites for hydroxylation is 1. The van der Waals surface area contributed by atoms with Gasteiger partial charge in [-0.15, -0.1) is 0 Å². The molecule has 33 heavy (non-hydrogen) atoms. The average Bonchev–Trinajstić information content (AvgIpc) is 3.50. The molecule has 2 heterocycles. The number of nitrogens with one attached hydrogen (secondary N) is 3. The van der Waals surface area contributed by atoms with Crippen LogP contribution in [0.15, 0.2) is 54.7 Å². The van der Waals surface area contributed by atoms with Gasteiger partial charge in [0.25, 0.3) is 5.91 Å². The third kappa shape index (κ3) is 5.69. The zero-order valence-electron chi connectivity index (χ0n) is 18.8. The van der Waals surface area contributed by atoms with Crippen molar-refractivity contribution in [3.8, 4) is 0 Å². The lowest BCUT2D eigenvalue weighted by Gasteiger charge is -2.26. The van der Waals surface area contributed by atoms with Crippen LogP contribution in [0, 0.1) is 6.92 Å². The van der Waals surface area contributed by atoms with Gasteiger partial charge < -0.3 is 15.2 Å². The Labute approximate surface area is 193 Å². The van der Waals surface area contributed by atoms with E-state index in [1.54, 1.807) is 11.6 Å². The van der Waals surface area contributed by atoms with Crippen molar-refractivity contribution < 1.29 is 14.8 Å². The van der Waals surface area contributed by atoms with E-state index in [4.69, 9.17) is 5.21 Å². The SMILES string of the molecule is Cc1ccc2c(CCN(Cc3ccc(C=CC(=O)NO)cc3)C(=O)C3CCCN3)c[nH]c2c1. The molecule has 1 fully saturated rings.